The van der Waals surface area contributed by atoms with Gasteiger partial charge < -0.3 is 34.5 Å². The van der Waals surface area contributed by atoms with E-state index in [-0.39, 0.29) is 42.6 Å². The summed E-state index contributed by atoms with van der Waals surface area (Å²) in [5.41, 5.74) is 0.584. The van der Waals surface area contributed by atoms with Crippen molar-refractivity contribution >= 4 is 11.9 Å². The van der Waals surface area contributed by atoms with Crippen LogP contribution in [0.15, 0.2) is 36.0 Å². The average Bonchev–Trinajstić information content (AvgIpc) is 3.56. The zero-order valence-corrected chi connectivity index (χ0v) is 21.9. The number of hydrogen-bond acceptors (Lipinski definition) is 7. The van der Waals surface area contributed by atoms with E-state index in [0.29, 0.717) is 13.0 Å². The molecule has 3 saturated heterocycles. The number of hydrogen-bond donors (Lipinski definition) is 3. The molecule has 1 amide bonds. The Bertz CT molecular complexity index is 862. The molecular formula is C27H41NO8. The Balaban J connectivity index is 1.55. The smallest absolute Gasteiger partial charge is 0.305 e. The number of methoxy groups -OCH3 is 1. The summed E-state index contributed by atoms with van der Waals surface area (Å²) >= 11 is 0. The van der Waals surface area contributed by atoms with Crippen LogP contribution in [0.5, 0.6) is 0 Å². The van der Waals surface area contributed by atoms with Gasteiger partial charge in [0.25, 0.3) is 0 Å². The van der Waals surface area contributed by atoms with Crippen molar-refractivity contribution in [3.63, 3.8) is 0 Å². The van der Waals surface area contributed by atoms with Crippen LogP contribution in [-0.4, -0.2) is 84.1 Å². The fraction of sp³-hybridized carbons (Fsp3) is 0.704. The Labute approximate surface area is 213 Å². The molecule has 3 aliphatic rings. The second-order valence-corrected chi connectivity index (χ2v) is 10.4. The molecule has 3 rings (SSSR count). The standard InChI is InChI=1S/C27H41NO8/c1-16(7-10-23-26(33-5)27(15-34-27)14-20(36-23)13-25(31)32)6-9-22-17(2)12-21(19(4)35-22)28-24(30)11-8-18(3)29/h6-8,10-11,17-23,26,29H,9,12-15H2,1-5H3,(H,28,30)(H,31,32)/t17-,18-,19+,20+,21+,22-,23+,26+,27+/m0/s1. The average molecular weight is 508 g/mol. The van der Waals surface area contributed by atoms with Crippen molar-refractivity contribution in [1.82, 2.24) is 5.32 Å². The number of rotatable bonds is 10. The number of carbonyl (C=O) groups excluding carboxylic acids is 1. The molecule has 0 aliphatic carbocycles. The van der Waals surface area contributed by atoms with Gasteiger partial charge in [-0.05, 0) is 39.5 Å². The van der Waals surface area contributed by atoms with E-state index in [1.54, 1.807) is 14.0 Å². The molecule has 3 aliphatic heterocycles. The predicted molar refractivity (Wildman–Crippen MR) is 133 cm³/mol. The van der Waals surface area contributed by atoms with Crippen LogP contribution in [-0.2, 0) is 28.5 Å². The van der Waals surface area contributed by atoms with Crippen LogP contribution in [0.1, 0.15) is 53.4 Å². The van der Waals surface area contributed by atoms with E-state index in [1.165, 1.54) is 12.2 Å². The van der Waals surface area contributed by atoms with Crippen molar-refractivity contribution in [1.29, 1.82) is 0 Å². The van der Waals surface area contributed by atoms with Gasteiger partial charge >= 0.3 is 5.97 Å². The summed E-state index contributed by atoms with van der Waals surface area (Å²) in [6.07, 6.45) is 8.99. The summed E-state index contributed by atoms with van der Waals surface area (Å²) in [7, 11) is 1.63. The number of carboxylic acid groups (broad SMARTS) is 1. The van der Waals surface area contributed by atoms with Crippen LogP contribution >= 0.6 is 0 Å². The third kappa shape index (κ3) is 7.73. The van der Waals surface area contributed by atoms with Crippen molar-refractivity contribution in [2.45, 2.75) is 102 Å². The normalized spacial score (nSPS) is 37.9. The molecule has 0 bridgehead atoms. The number of aliphatic carboxylic acids is 1. The number of nitrogens with one attached hydrogen (secondary N) is 1. The van der Waals surface area contributed by atoms with E-state index >= 15 is 0 Å². The lowest BCUT2D eigenvalue weighted by molar-refractivity contribution is -0.160. The highest BCUT2D eigenvalue weighted by Gasteiger charge is 2.59. The van der Waals surface area contributed by atoms with Gasteiger partial charge in [0.05, 0.1) is 43.5 Å². The quantitative estimate of drug-likeness (QED) is 0.234. The summed E-state index contributed by atoms with van der Waals surface area (Å²) in [6.45, 7) is 8.25. The number of aliphatic hydroxyl groups excluding tert-OH is 1. The summed E-state index contributed by atoms with van der Waals surface area (Å²) in [6, 6.07) is -0.0856. The maximum atomic E-state index is 12.1. The van der Waals surface area contributed by atoms with Gasteiger partial charge in [-0.1, -0.05) is 36.8 Å². The van der Waals surface area contributed by atoms with Gasteiger partial charge in [-0.3, -0.25) is 9.59 Å². The van der Waals surface area contributed by atoms with E-state index in [2.05, 4.69) is 18.3 Å². The molecular weight excluding hydrogens is 466 g/mol. The summed E-state index contributed by atoms with van der Waals surface area (Å²) < 4.78 is 23.6. The van der Waals surface area contributed by atoms with Crippen LogP contribution in [0.3, 0.4) is 0 Å². The molecule has 9 nitrogen and oxygen atoms in total. The molecule has 0 radical (unpaired) electrons. The first-order valence-electron chi connectivity index (χ1n) is 12.7. The molecule has 0 aromatic carbocycles. The molecule has 0 aromatic heterocycles. The van der Waals surface area contributed by atoms with E-state index < -0.39 is 29.9 Å². The lowest BCUT2D eigenvalue weighted by atomic mass is 9.87. The van der Waals surface area contributed by atoms with Crippen molar-refractivity contribution in [3.8, 4) is 0 Å². The first kappa shape index (κ1) is 28.5. The molecule has 1 spiro atoms. The first-order valence-corrected chi connectivity index (χ1v) is 12.7. The molecule has 36 heavy (non-hydrogen) atoms. The van der Waals surface area contributed by atoms with E-state index in [4.69, 9.17) is 18.9 Å². The van der Waals surface area contributed by atoms with Crippen LogP contribution in [0.25, 0.3) is 0 Å². The monoisotopic (exact) mass is 507 g/mol. The van der Waals surface area contributed by atoms with Crippen molar-refractivity contribution < 1.29 is 38.7 Å². The maximum absolute atomic E-state index is 12.1. The van der Waals surface area contributed by atoms with Gasteiger partial charge in [-0.2, -0.15) is 0 Å². The minimum atomic E-state index is -0.890. The molecule has 9 heteroatoms. The number of aliphatic hydroxyl groups is 1. The molecule has 202 valence electrons. The Morgan fingerprint density at radius 3 is 2.58 bits per heavy atom. The Morgan fingerprint density at radius 2 is 1.97 bits per heavy atom. The topological polar surface area (TPSA) is 127 Å². The third-order valence-electron chi connectivity index (χ3n) is 7.20. The van der Waals surface area contributed by atoms with Crippen LogP contribution in [0.4, 0.5) is 0 Å². The second kappa shape index (κ2) is 12.5. The van der Waals surface area contributed by atoms with E-state index in [1.807, 2.05) is 26.0 Å². The molecule has 3 fully saturated rings. The summed E-state index contributed by atoms with van der Waals surface area (Å²) in [5.74, 6) is -0.867. The van der Waals surface area contributed by atoms with Crippen LogP contribution < -0.4 is 5.32 Å². The number of ether oxygens (including phenoxy) is 4. The molecule has 9 atom stereocenters. The highest BCUT2D eigenvalue weighted by atomic mass is 16.6. The number of allylic oxidation sites excluding steroid dienone is 2. The zero-order valence-electron chi connectivity index (χ0n) is 21.9. The number of epoxide rings is 1. The maximum Gasteiger partial charge on any atom is 0.305 e. The van der Waals surface area contributed by atoms with Crippen molar-refractivity contribution in [3.05, 3.63) is 36.0 Å². The highest BCUT2D eigenvalue weighted by molar-refractivity contribution is 5.87. The molecule has 3 heterocycles. The number of carbonyl (C=O) groups is 2. The third-order valence-corrected chi connectivity index (χ3v) is 7.20. The number of amides is 1. The predicted octanol–water partition coefficient (Wildman–Crippen LogP) is 2.53. The fourth-order valence-corrected chi connectivity index (χ4v) is 5.11. The largest absolute Gasteiger partial charge is 0.481 e. The fourth-order valence-electron chi connectivity index (χ4n) is 5.11. The van der Waals surface area contributed by atoms with E-state index in [0.717, 1.165) is 18.4 Å². The van der Waals surface area contributed by atoms with E-state index in [9.17, 15) is 19.8 Å². The van der Waals surface area contributed by atoms with Gasteiger partial charge in [-0.25, -0.2) is 0 Å². The van der Waals surface area contributed by atoms with Crippen LogP contribution in [0.2, 0.25) is 0 Å². The zero-order chi connectivity index (χ0) is 26.5. The minimum absolute atomic E-state index is 0.0326. The van der Waals surface area contributed by atoms with Crippen molar-refractivity contribution in [2.24, 2.45) is 5.92 Å². The lowest BCUT2D eigenvalue weighted by Crippen LogP contribution is -2.51. The molecule has 0 unspecified atom stereocenters. The Kier molecular flexibility index (Phi) is 9.88. The Hall–Kier alpha value is -2.04. The summed E-state index contributed by atoms with van der Waals surface area (Å²) in [5, 5.41) is 21.5. The lowest BCUT2D eigenvalue weighted by Gasteiger charge is -2.39. The highest BCUT2D eigenvalue weighted by Crippen LogP contribution is 2.44. The minimum Gasteiger partial charge on any atom is -0.481 e. The van der Waals surface area contributed by atoms with Crippen molar-refractivity contribution in [2.75, 3.05) is 13.7 Å². The van der Waals surface area contributed by atoms with Gasteiger partial charge in [0.2, 0.25) is 5.91 Å². The Morgan fingerprint density at radius 1 is 1.25 bits per heavy atom. The van der Waals surface area contributed by atoms with Gasteiger partial charge in [-0.15, -0.1) is 0 Å². The SMILES string of the molecule is CO[C@@H]1[C@@H](C=CC(C)=CC[C@@H]2O[C@H](C)[C@H](NC(=O)C=C[C@H](C)O)C[C@@H]2C)O[C@H](CC(=O)O)C[C@@]12CO2. The van der Waals surface area contributed by atoms with Gasteiger partial charge in [0.1, 0.15) is 17.8 Å². The molecule has 0 aromatic rings. The molecule has 3 N–H and O–H groups in total. The van der Waals surface area contributed by atoms with Gasteiger partial charge in [0, 0.05) is 19.6 Å². The first-order chi connectivity index (χ1) is 17.0. The van der Waals surface area contributed by atoms with Crippen LogP contribution in [0, 0.1) is 5.92 Å². The molecule has 0 saturated carbocycles. The van der Waals surface area contributed by atoms with Gasteiger partial charge in [0.15, 0.2) is 0 Å². The number of carboxylic acids is 1. The second-order valence-electron chi connectivity index (χ2n) is 10.4. The summed E-state index contributed by atoms with van der Waals surface area (Å²) in [4.78, 5) is 23.3.